The summed E-state index contributed by atoms with van der Waals surface area (Å²) in [6.45, 7) is 6.31. The number of amides is 1. The molecular formula is C25H31N3O3. The summed E-state index contributed by atoms with van der Waals surface area (Å²) in [6.07, 6.45) is 1.48. The van der Waals surface area contributed by atoms with Crippen LogP contribution in [0.4, 0.5) is 5.69 Å². The van der Waals surface area contributed by atoms with Gasteiger partial charge < -0.3 is 14.8 Å². The highest BCUT2D eigenvalue weighted by Crippen LogP contribution is 2.36. The number of hydrogen-bond acceptors (Lipinski definition) is 4. The SMILES string of the molecule is CC[C@@H](C(=O)Nc1c(-c2ccc(OC)c(OC)c2)n[nH]c1CC(C)C)c1ccccc1. The van der Waals surface area contributed by atoms with Crippen LogP contribution in [0.5, 0.6) is 11.5 Å². The zero-order valence-corrected chi connectivity index (χ0v) is 18.9. The summed E-state index contributed by atoms with van der Waals surface area (Å²) in [7, 11) is 3.21. The first-order chi connectivity index (χ1) is 15.0. The standard InChI is InChI=1S/C25H31N3O3/c1-6-19(17-10-8-7-9-11-17)25(29)26-24-20(14-16(2)3)27-28-23(24)18-12-13-21(30-4)22(15-18)31-5/h7-13,15-16,19H,6,14H2,1-5H3,(H,26,29)(H,27,28)/t19-/m1/s1. The van der Waals surface area contributed by atoms with Crippen molar-refractivity contribution in [3.63, 3.8) is 0 Å². The fraction of sp³-hybridized carbons (Fsp3) is 0.360. The number of nitrogens with one attached hydrogen (secondary N) is 2. The van der Waals surface area contributed by atoms with E-state index in [1.54, 1.807) is 14.2 Å². The van der Waals surface area contributed by atoms with Crippen LogP contribution < -0.4 is 14.8 Å². The van der Waals surface area contributed by atoms with Crippen molar-refractivity contribution in [2.75, 3.05) is 19.5 Å². The van der Waals surface area contributed by atoms with Crippen LogP contribution in [0.2, 0.25) is 0 Å². The number of ether oxygens (including phenoxy) is 2. The van der Waals surface area contributed by atoms with Crippen LogP contribution in [0.15, 0.2) is 48.5 Å². The van der Waals surface area contributed by atoms with Gasteiger partial charge in [-0.15, -0.1) is 0 Å². The zero-order chi connectivity index (χ0) is 22.4. The van der Waals surface area contributed by atoms with Crippen molar-refractivity contribution < 1.29 is 14.3 Å². The smallest absolute Gasteiger partial charge is 0.232 e. The van der Waals surface area contributed by atoms with Gasteiger partial charge in [0.1, 0.15) is 5.69 Å². The van der Waals surface area contributed by atoms with Gasteiger partial charge in [-0.3, -0.25) is 9.89 Å². The van der Waals surface area contributed by atoms with Crippen molar-refractivity contribution in [1.29, 1.82) is 0 Å². The summed E-state index contributed by atoms with van der Waals surface area (Å²) in [4.78, 5) is 13.3. The molecule has 0 aliphatic rings. The Morgan fingerprint density at radius 2 is 1.77 bits per heavy atom. The van der Waals surface area contributed by atoms with Crippen LogP contribution in [0.1, 0.15) is 44.4 Å². The molecule has 2 aromatic carbocycles. The molecule has 6 nitrogen and oxygen atoms in total. The normalized spacial score (nSPS) is 11.9. The van der Waals surface area contributed by atoms with Gasteiger partial charge in [0.05, 0.1) is 31.5 Å². The number of aromatic nitrogens is 2. The summed E-state index contributed by atoms with van der Waals surface area (Å²) in [5, 5.41) is 10.9. The van der Waals surface area contributed by atoms with Gasteiger partial charge in [0.25, 0.3) is 0 Å². The zero-order valence-electron chi connectivity index (χ0n) is 18.9. The highest BCUT2D eigenvalue weighted by Gasteiger charge is 2.24. The molecule has 1 amide bonds. The van der Waals surface area contributed by atoms with Crippen molar-refractivity contribution in [3.8, 4) is 22.8 Å². The molecule has 0 spiro atoms. The van der Waals surface area contributed by atoms with E-state index in [4.69, 9.17) is 9.47 Å². The fourth-order valence-corrected chi connectivity index (χ4v) is 3.73. The van der Waals surface area contributed by atoms with E-state index in [0.717, 1.165) is 28.9 Å². The quantitative estimate of drug-likeness (QED) is 0.483. The number of carbonyl (C=O) groups is 1. The molecule has 1 heterocycles. The van der Waals surface area contributed by atoms with E-state index in [0.29, 0.717) is 29.5 Å². The Balaban J connectivity index is 2.00. The second-order valence-electron chi connectivity index (χ2n) is 7.95. The fourth-order valence-electron chi connectivity index (χ4n) is 3.73. The largest absolute Gasteiger partial charge is 0.493 e. The van der Waals surface area contributed by atoms with Crippen LogP contribution in [-0.2, 0) is 11.2 Å². The molecule has 0 saturated carbocycles. The predicted molar refractivity (Wildman–Crippen MR) is 124 cm³/mol. The Morgan fingerprint density at radius 3 is 2.39 bits per heavy atom. The van der Waals surface area contributed by atoms with Crippen LogP contribution in [-0.4, -0.2) is 30.3 Å². The molecule has 1 aromatic heterocycles. The number of anilines is 1. The van der Waals surface area contributed by atoms with Crippen molar-refractivity contribution in [2.45, 2.75) is 39.5 Å². The number of benzene rings is 2. The van der Waals surface area contributed by atoms with Gasteiger partial charge in [0.2, 0.25) is 5.91 Å². The van der Waals surface area contributed by atoms with Gasteiger partial charge in [-0.1, -0.05) is 51.1 Å². The summed E-state index contributed by atoms with van der Waals surface area (Å²) in [5.74, 6) is 1.39. The van der Waals surface area contributed by atoms with E-state index >= 15 is 0 Å². The minimum Gasteiger partial charge on any atom is -0.493 e. The van der Waals surface area contributed by atoms with E-state index < -0.39 is 0 Å². The third-order valence-electron chi connectivity index (χ3n) is 5.29. The van der Waals surface area contributed by atoms with E-state index in [2.05, 4.69) is 29.4 Å². The Kier molecular flexibility index (Phi) is 7.34. The predicted octanol–water partition coefficient (Wildman–Crippen LogP) is 5.42. The van der Waals surface area contributed by atoms with Gasteiger partial charge in [0, 0.05) is 5.56 Å². The van der Waals surface area contributed by atoms with E-state index in [9.17, 15) is 4.79 Å². The summed E-state index contributed by atoms with van der Waals surface area (Å²) in [6, 6.07) is 15.5. The number of nitrogens with zero attached hydrogens (tertiary/aromatic N) is 1. The van der Waals surface area contributed by atoms with Gasteiger partial charge in [0.15, 0.2) is 11.5 Å². The number of methoxy groups -OCH3 is 2. The molecule has 1 atom stereocenters. The second-order valence-corrected chi connectivity index (χ2v) is 7.95. The van der Waals surface area contributed by atoms with E-state index in [-0.39, 0.29) is 11.8 Å². The summed E-state index contributed by atoms with van der Waals surface area (Å²) < 4.78 is 10.8. The monoisotopic (exact) mass is 421 g/mol. The molecule has 0 aliphatic heterocycles. The second kappa shape index (κ2) is 10.2. The van der Waals surface area contributed by atoms with Crippen LogP contribution in [0.3, 0.4) is 0 Å². The topological polar surface area (TPSA) is 76.2 Å². The third-order valence-corrected chi connectivity index (χ3v) is 5.29. The highest BCUT2D eigenvalue weighted by molar-refractivity contribution is 5.99. The average Bonchev–Trinajstić information content (AvgIpc) is 3.15. The number of aromatic amines is 1. The molecule has 31 heavy (non-hydrogen) atoms. The first-order valence-corrected chi connectivity index (χ1v) is 10.6. The maximum atomic E-state index is 13.3. The maximum absolute atomic E-state index is 13.3. The third kappa shape index (κ3) is 5.08. The first-order valence-electron chi connectivity index (χ1n) is 10.6. The molecule has 0 fully saturated rings. The van der Waals surface area contributed by atoms with Gasteiger partial charge in [-0.25, -0.2) is 0 Å². The molecule has 3 aromatic rings. The Hall–Kier alpha value is -3.28. The van der Waals surface area contributed by atoms with Gasteiger partial charge >= 0.3 is 0 Å². The molecule has 0 aliphatic carbocycles. The minimum atomic E-state index is -0.235. The number of carbonyl (C=O) groups excluding carboxylic acids is 1. The van der Waals surface area contributed by atoms with E-state index in [1.165, 1.54) is 0 Å². The maximum Gasteiger partial charge on any atom is 0.232 e. The minimum absolute atomic E-state index is 0.0400. The van der Waals surface area contributed by atoms with Crippen molar-refractivity contribution in [1.82, 2.24) is 10.2 Å². The molecule has 0 saturated heterocycles. The van der Waals surface area contributed by atoms with Crippen LogP contribution in [0.25, 0.3) is 11.3 Å². The summed E-state index contributed by atoms with van der Waals surface area (Å²) in [5.41, 5.74) is 4.17. The lowest BCUT2D eigenvalue weighted by molar-refractivity contribution is -0.117. The number of hydrogen-bond donors (Lipinski definition) is 2. The molecule has 3 rings (SSSR count). The molecule has 0 radical (unpaired) electrons. The van der Waals surface area contributed by atoms with Gasteiger partial charge in [-0.2, -0.15) is 5.10 Å². The molecule has 0 unspecified atom stereocenters. The molecule has 164 valence electrons. The lowest BCUT2D eigenvalue weighted by atomic mass is 9.95. The van der Waals surface area contributed by atoms with Crippen LogP contribution >= 0.6 is 0 Å². The summed E-state index contributed by atoms with van der Waals surface area (Å²) >= 11 is 0. The van der Waals surface area contributed by atoms with Crippen LogP contribution in [0, 0.1) is 5.92 Å². The lowest BCUT2D eigenvalue weighted by Gasteiger charge is -2.17. The molecule has 6 heteroatoms. The average molecular weight is 422 g/mol. The molecule has 0 bridgehead atoms. The lowest BCUT2D eigenvalue weighted by Crippen LogP contribution is -2.21. The number of H-pyrrole nitrogens is 1. The molecule has 2 N–H and O–H groups in total. The Morgan fingerprint density at radius 1 is 1.06 bits per heavy atom. The van der Waals surface area contributed by atoms with Crippen molar-refractivity contribution >= 4 is 11.6 Å². The number of rotatable bonds is 9. The Labute approximate surface area is 184 Å². The molecular weight excluding hydrogens is 390 g/mol. The van der Waals surface area contributed by atoms with E-state index in [1.807, 2.05) is 55.5 Å². The van der Waals surface area contributed by atoms with Crippen molar-refractivity contribution in [2.24, 2.45) is 5.92 Å². The first kappa shape index (κ1) is 22.4. The van der Waals surface area contributed by atoms with Crippen molar-refractivity contribution in [3.05, 3.63) is 59.8 Å². The Bertz CT molecular complexity index is 1010. The highest BCUT2D eigenvalue weighted by atomic mass is 16.5. The van der Waals surface area contributed by atoms with Gasteiger partial charge in [-0.05, 0) is 42.5 Å².